The molecule has 0 radical (unpaired) electrons. The number of hydrogen-bond donors (Lipinski definition) is 0. The van der Waals surface area contributed by atoms with E-state index < -0.39 is 9.84 Å². The highest BCUT2D eigenvalue weighted by Gasteiger charge is 2.23. The maximum Gasteiger partial charge on any atom is 0.262 e. The Hall–Kier alpha value is -2.34. The fourth-order valence-electron chi connectivity index (χ4n) is 3.41. The molecule has 4 rings (SSSR count). The predicted molar refractivity (Wildman–Crippen MR) is 146 cm³/mol. The third kappa shape index (κ3) is 6.08. The Morgan fingerprint density at radius 3 is 2.60 bits per heavy atom. The molecule has 0 saturated heterocycles. The van der Waals surface area contributed by atoms with Gasteiger partial charge in [-0.1, -0.05) is 53.5 Å². The van der Waals surface area contributed by atoms with Crippen molar-refractivity contribution in [2.45, 2.75) is 14.7 Å². The van der Waals surface area contributed by atoms with Crippen LogP contribution in [0.25, 0.3) is 16.3 Å². The summed E-state index contributed by atoms with van der Waals surface area (Å²) in [6.45, 7) is 0. The molecule has 6 nitrogen and oxygen atoms in total. The molecule has 0 unspecified atom stereocenters. The van der Waals surface area contributed by atoms with Gasteiger partial charge in [-0.15, -0.1) is 0 Å². The number of fused-ring (bicyclic) bond motifs is 2. The average Bonchev–Trinajstić information content (AvgIpc) is 3.32. The summed E-state index contributed by atoms with van der Waals surface area (Å²) < 4.78 is 32.0. The Balaban J connectivity index is 1.38. The van der Waals surface area contributed by atoms with E-state index in [1.165, 1.54) is 30.1 Å². The topological polar surface area (TPSA) is 59.7 Å². The lowest BCUT2D eigenvalue weighted by atomic mass is 10.3. The molecule has 2 heterocycles. The van der Waals surface area contributed by atoms with Crippen LogP contribution < -0.4 is 9.47 Å². The minimum Gasteiger partial charge on any atom is -0.338 e. The van der Waals surface area contributed by atoms with Crippen molar-refractivity contribution in [3.8, 4) is 0 Å². The highest BCUT2D eigenvalue weighted by molar-refractivity contribution is 8.03. The molecular formula is C25H25N2O4S4+. The molecule has 182 valence electrons. The van der Waals surface area contributed by atoms with Gasteiger partial charge in [0.1, 0.15) is 11.7 Å². The number of aromatic nitrogens is 1. The summed E-state index contributed by atoms with van der Waals surface area (Å²) in [5.41, 5.74) is 2.04. The number of thioether (sulfide) groups is 1. The molecule has 3 aromatic rings. The van der Waals surface area contributed by atoms with Crippen LogP contribution in [-0.4, -0.2) is 28.8 Å². The van der Waals surface area contributed by atoms with E-state index in [-0.39, 0.29) is 0 Å². The lowest BCUT2D eigenvalue weighted by Crippen LogP contribution is -2.28. The van der Waals surface area contributed by atoms with Crippen LogP contribution in [0.5, 0.6) is 0 Å². The van der Waals surface area contributed by atoms with Crippen LogP contribution in [0.4, 0.5) is 5.69 Å². The first kappa shape index (κ1) is 25.7. The molecule has 35 heavy (non-hydrogen) atoms. The van der Waals surface area contributed by atoms with Crippen LogP contribution in [0.3, 0.4) is 0 Å². The van der Waals surface area contributed by atoms with E-state index in [1.807, 2.05) is 67.6 Å². The van der Waals surface area contributed by atoms with Crippen molar-refractivity contribution in [2.75, 3.05) is 25.3 Å². The maximum atomic E-state index is 11.8. The van der Waals surface area contributed by atoms with Crippen molar-refractivity contribution >= 4 is 67.0 Å². The molecular weight excluding hydrogens is 521 g/mol. The predicted octanol–water partition coefficient (Wildman–Crippen LogP) is 5.92. The van der Waals surface area contributed by atoms with Gasteiger partial charge in [0.05, 0.1) is 34.8 Å². The van der Waals surface area contributed by atoms with E-state index in [9.17, 15) is 8.42 Å². The first-order chi connectivity index (χ1) is 16.8. The molecule has 0 fully saturated rings. The van der Waals surface area contributed by atoms with E-state index in [0.717, 1.165) is 31.0 Å². The second-order valence-corrected chi connectivity index (χ2v) is 12.6. The number of nitrogens with zero attached hydrogens (tertiary/aromatic N) is 2. The molecule has 1 aliphatic rings. The Kier molecular flexibility index (Phi) is 8.20. The van der Waals surface area contributed by atoms with E-state index in [1.54, 1.807) is 35.2 Å². The van der Waals surface area contributed by atoms with Gasteiger partial charge >= 0.3 is 0 Å². The molecule has 0 atom stereocenters. The normalized spacial score (nSPS) is 15.5. The zero-order valence-corrected chi connectivity index (χ0v) is 22.9. The van der Waals surface area contributed by atoms with Gasteiger partial charge in [-0.3, -0.25) is 0 Å². The molecule has 0 aliphatic carbocycles. The molecule has 0 N–H and O–H groups in total. The van der Waals surface area contributed by atoms with Gasteiger partial charge in [-0.05, 0) is 36.4 Å². The van der Waals surface area contributed by atoms with Crippen molar-refractivity contribution in [1.82, 2.24) is 0 Å². The van der Waals surface area contributed by atoms with E-state index in [4.69, 9.17) is 4.33 Å². The lowest BCUT2D eigenvalue weighted by molar-refractivity contribution is -0.642. The molecule has 2 aromatic carbocycles. The highest BCUT2D eigenvalue weighted by Crippen LogP contribution is 2.45. The minimum atomic E-state index is -3.23. The minimum absolute atomic E-state index is 0.335. The van der Waals surface area contributed by atoms with Crippen molar-refractivity contribution in [3.63, 3.8) is 0 Å². The maximum absolute atomic E-state index is 11.8. The number of allylic oxidation sites excluding steroid dienone is 6. The largest absolute Gasteiger partial charge is 0.338 e. The Morgan fingerprint density at radius 1 is 1.06 bits per heavy atom. The van der Waals surface area contributed by atoms with Gasteiger partial charge in [-0.2, -0.15) is 8.90 Å². The van der Waals surface area contributed by atoms with Gasteiger partial charge in [0.2, 0.25) is 5.52 Å². The zero-order valence-electron chi connectivity index (χ0n) is 19.7. The van der Waals surface area contributed by atoms with Crippen molar-refractivity contribution < 1.29 is 22.2 Å². The van der Waals surface area contributed by atoms with E-state index in [0.29, 0.717) is 4.90 Å². The smallest absolute Gasteiger partial charge is 0.262 e. The molecule has 0 saturated carbocycles. The number of anilines is 1. The number of sulfone groups is 1. The van der Waals surface area contributed by atoms with Crippen molar-refractivity contribution in [3.05, 3.63) is 82.9 Å². The van der Waals surface area contributed by atoms with Gasteiger partial charge in [0, 0.05) is 35.2 Å². The monoisotopic (exact) mass is 545 g/mol. The summed E-state index contributed by atoms with van der Waals surface area (Å²) in [7, 11) is 2.25. The molecule has 0 amide bonds. The number of benzene rings is 2. The third-order valence-corrected chi connectivity index (χ3v) is 9.35. The summed E-state index contributed by atoms with van der Waals surface area (Å²) in [6.07, 6.45) is 15.3. The summed E-state index contributed by atoms with van der Waals surface area (Å²) in [5, 5.41) is 2.18. The summed E-state index contributed by atoms with van der Waals surface area (Å²) >= 11 is 4.54. The number of rotatable bonds is 8. The average molecular weight is 546 g/mol. The van der Waals surface area contributed by atoms with Crippen molar-refractivity contribution in [2.24, 2.45) is 7.05 Å². The van der Waals surface area contributed by atoms with Crippen molar-refractivity contribution in [1.29, 1.82) is 0 Å². The SMILES string of the molecule is COOSc1ccc2sc(/C=C/C=C/C=C/C=C3\Sc4ccc(S(C)(=O)=O)cc4N3C)[n+](C)c2c1. The van der Waals surface area contributed by atoms with E-state index in [2.05, 4.69) is 27.7 Å². The number of hydrogen-bond acceptors (Lipinski definition) is 8. The standard InChI is InChI=1S/C25H25N2O4S4/c1-26-20-16-18(34-31-30-3)12-14-22(20)32-24(26)10-8-6-5-7-9-11-25-27(2)21-17-19(35(4,28)29)13-15-23(21)33-25/h5-17H,1-4H3/q+1. The summed E-state index contributed by atoms with van der Waals surface area (Å²) in [6, 6.07) is 11.4. The molecule has 1 aliphatic heterocycles. The molecule has 0 spiro atoms. The molecule has 0 bridgehead atoms. The summed E-state index contributed by atoms with van der Waals surface area (Å²) in [5.74, 6) is 0. The van der Waals surface area contributed by atoms with Gasteiger partial charge in [0.25, 0.3) is 5.01 Å². The second-order valence-electron chi connectivity index (χ2n) is 7.64. The van der Waals surface area contributed by atoms with Crippen LogP contribution in [-0.2, 0) is 26.1 Å². The third-order valence-electron chi connectivity index (χ3n) is 5.22. The van der Waals surface area contributed by atoms with Crippen LogP contribution >= 0.6 is 35.1 Å². The second kappa shape index (κ2) is 11.2. The fourth-order valence-corrected chi connectivity index (χ4v) is 6.56. The molecule has 1 aromatic heterocycles. The Bertz CT molecular complexity index is 1470. The Morgan fingerprint density at radius 2 is 1.83 bits per heavy atom. The van der Waals surface area contributed by atoms with Crippen LogP contribution in [0.15, 0.2) is 92.6 Å². The Labute approximate surface area is 218 Å². The quantitative estimate of drug-likeness (QED) is 0.114. The van der Waals surface area contributed by atoms with E-state index >= 15 is 0 Å². The van der Waals surface area contributed by atoms with Gasteiger partial charge < -0.3 is 4.90 Å². The fraction of sp³-hybridized carbons (Fsp3) is 0.160. The van der Waals surface area contributed by atoms with Gasteiger partial charge in [0.15, 0.2) is 9.84 Å². The first-order valence-corrected chi connectivity index (χ1v) is 14.8. The molecule has 10 heteroatoms. The zero-order chi connectivity index (χ0) is 25.0. The van der Waals surface area contributed by atoms with Crippen LogP contribution in [0, 0.1) is 0 Å². The van der Waals surface area contributed by atoms with Crippen LogP contribution in [0.2, 0.25) is 0 Å². The lowest BCUT2D eigenvalue weighted by Gasteiger charge is -2.13. The first-order valence-electron chi connectivity index (χ1n) is 10.6. The summed E-state index contributed by atoms with van der Waals surface area (Å²) in [4.78, 5) is 9.03. The highest BCUT2D eigenvalue weighted by atomic mass is 32.2. The number of aryl methyl sites for hydroxylation is 1. The van der Waals surface area contributed by atoms with Gasteiger partial charge in [-0.25, -0.2) is 13.3 Å². The van der Waals surface area contributed by atoms with Crippen LogP contribution in [0.1, 0.15) is 5.01 Å². The number of thiazole rings is 1.